The maximum Gasteiger partial charge on any atom is 0.416 e. The van der Waals surface area contributed by atoms with E-state index in [9.17, 15) is 18.3 Å². The predicted octanol–water partition coefficient (Wildman–Crippen LogP) is 2.71. The van der Waals surface area contributed by atoms with E-state index in [2.05, 4.69) is 32.0 Å². The Morgan fingerprint density at radius 3 is 2.63 bits per heavy atom. The van der Waals surface area contributed by atoms with Gasteiger partial charge in [-0.25, -0.2) is 4.98 Å². The number of likely N-dealkylation sites (N-methyl/N-ethyl adjacent to an activating group) is 1. The molecule has 1 aromatic carbocycles. The summed E-state index contributed by atoms with van der Waals surface area (Å²) < 4.78 is 38.3. The van der Waals surface area contributed by atoms with Gasteiger partial charge in [-0.05, 0) is 44.5 Å². The molecule has 2 saturated heterocycles. The fourth-order valence-electron chi connectivity index (χ4n) is 4.09. The lowest BCUT2D eigenvalue weighted by Crippen LogP contribution is -2.36. The van der Waals surface area contributed by atoms with Crippen LogP contribution >= 0.6 is 0 Å². The Morgan fingerprint density at radius 2 is 1.96 bits per heavy atom. The number of hydrogen-bond acceptors (Lipinski definition) is 6. The second-order valence-corrected chi connectivity index (χ2v) is 7.31. The van der Waals surface area contributed by atoms with Crippen molar-refractivity contribution < 1.29 is 18.3 Å². The van der Waals surface area contributed by atoms with Crippen molar-refractivity contribution in [1.29, 1.82) is 0 Å². The largest absolute Gasteiger partial charge is 0.507 e. The summed E-state index contributed by atoms with van der Waals surface area (Å²) >= 11 is 0. The molecule has 0 unspecified atom stereocenters. The highest BCUT2D eigenvalue weighted by molar-refractivity contribution is 5.69. The first-order chi connectivity index (χ1) is 12.7. The Balaban J connectivity index is 1.63. The smallest absolute Gasteiger partial charge is 0.416 e. The molecular formula is C18H20F3N5O. The fraction of sp³-hybridized carbons (Fsp3) is 0.500. The van der Waals surface area contributed by atoms with E-state index in [0.717, 1.165) is 32.1 Å². The average Bonchev–Trinajstić information content (AvgIpc) is 3.13. The Labute approximate surface area is 154 Å². The van der Waals surface area contributed by atoms with Crippen LogP contribution in [0, 0.1) is 12.8 Å². The molecule has 4 rings (SSSR count). The summed E-state index contributed by atoms with van der Waals surface area (Å²) in [6, 6.07) is 3.18. The second kappa shape index (κ2) is 6.33. The number of alkyl halides is 3. The van der Waals surface area contributed by atoms with Crippen molar-refractivity contribution in [3.05, 3.63) is 29.5 Å². The molecule has 27 heavy (non-hydrogen) atoms. The minimum absolute atomic E-state index is 0.187. The van der Waals surface area contributed by atoms with Crippen molar-refractivity contribution in [1.82, 2.24) is 20.1 Å². The summed E-state index contributed by atoms with van der Waals surface area (Å²) in [5, 5.41) is 18.4. The van der Waals surface area contributed by atoms with Gasteiger partial charge in [0.05, 0.1) is 11.3 Å². The second-order valence-electron chi connectivity index (χ2n) is 7.31. The normalized spacial score (nSPS) is 23.1. The Kier molecular flexibility index (Phi) is 4.21. The topological polar surface area (TPSA) is 65.4 Å². The van der Waals surface area contributed by atoms with Crippen LogP contribution in [0.4, 0.5) is 19.1 Å². The van der Waals surface area contributed by atoms with E-state index < -0.39 is 17.5 Å². The number of phenolic OH excluding ortho intramolecular Hbond substituents is 1. The molecule has 9 heteroatoms. The third-order valence-electron chi connectivity index (χ3n) is 5.42. The third kappa shape index (κ3) is 3.20. The maximum absolute atomic E-state index is 12.8. The van der Waals surface area contributed by atoms with Crippen LogP contribution < -0.4 is 4.90 Å². The Bertz CT molecular complexity index is 873. The molecule has 2 atom stereocenters. The summed E-state index contributed by atoms with van der Waals surface area (Å²) in [6.45, 7) is 4.60. The molecule has 6 nitrogen and oxygen atoms in total. The van der Waals surface area contributed by atoms with E-state index in [1.54, 1.807) is 6.92 Å². The van der Waals surface area contributed by atoms with Crippen LogP contribution in [-0.2, 0) is 6.18 Å². The van der Waals surface area contributed by atoms with Gasteiger partial charge in [0.25, 0.3) is 0 Å². The lowest BCUT2D eigenvalue weighted by molar-refractivity contribution is -0.137. The Morgan fingerprint density at radius 1 is 1.19 bits per heavy atom. The summed E-state index contributed by atoms with van der Waals surface area (Å²) in [5.74, 6) is 0.637. The number of benzene rings is 1. The van der Waals surface area contributed by atoms with E-state index in [-0.39, 0.29) is 11.3 Å². The molecule has 1 aromatic heterocycles. The van der Waals surface area contributed by atoms with Crippen molar-refractivity contribution in [2.24, 2.45) is 5.92 Å². The van der Waals surface area contributed by atoms with Crippen LogP contribution in [0.25, 0.3) is 11.3 Å². The standard InChI is InChI=1S/C18H20F3N5O/c1-10-16(13-4-3-12(7-15(13)27)18(19,20)21)23-24-17(22-10)26-6-5-11-8-25(2)9-14(11)26/h3-4,7,11,14,27H,5-6,8-9H2,1-2H3/t11-,14+/m0/s1. The van der Waals surface area contributed by atoms with Gasteiger partial charge in [0, 0.05) is 31.2 Å². The molecule has 0 spiro atoms. The van der Waals surface area contributed by atoms with Gasteiger partial charge in [0.2, 0.25) is 5.95 Å². The first-order valence-corrected chi connectivity index (χ1v) is 8.81. The van der Waals surface area contributed by atoms with Gasteiger partial charge in [-0.15, -0.1) is 10.2 Å². The van der Waals surface area contributed by atoms with Crippen molar-refractivity contribution >= 4 is 5.95 Å². The van der Waals surface area contributed by atoms with Crippen molar-refractivity contribution in [3.8, 4) is 17.0 Å². The highest BCUT2D eigenvalue weighted by Crippen LogP contribution is 2.37. The quantitative estimate of drug-likeness (QED) is 0.866. The first kappa shape index (κ1) is 18.0. The summed E-state index contributed by atoms with van der Waals surface area (Å²) in [6.07, 6.45) is -3.43. The Hall–Kier alpha value is -2.42. The monoisotopic (exact) mass is 379 g/mol. The van der Waals surface area contributed by atoms with Gasteiger partial charge in [-0.2, -0.15) is 13.2 Å². The molecular weight excluding hydrogens is 359 g/mol. The first-order valence-electron chi connectivity index (χ1n) is 8.81. The van der Waals surface area contributed by atoms with Crippen LogP contribution in [0.2, 0.25) is 0 Å². The minimum atomic E-state index is -4.51. The van der Waals surface area contributed by atoms with E-state index >= 15 is 0 Å². The summed E-state index contributed by atoms with van der Waals surface area (Å²) in [5.41, 5.74) is 0.0773. The summed E-state index contributed by atoms with van der Waals surface area (Å²) in [4.78, 5) is 8.98. The lowest BCUT2D eigenvalue weighted by Gasteiger charge is -2.24. The SMILES string of the molecule is Cc1nc(N2CC[C@H]3CN(C)C[C@H]32)nnc1-c1ccc(C(F)(F)F)cc1O. The van der Waals surface area contributed by atoms with Gasteiger partial charge in [0.1, 0.15) is 11.4 Å². The molecule has 2 aliphatic heterocycles. The maximum atomic E-state index is 12.8. The van der Waals surface area contributed by atoms with Crippen molar-refractivity contribution in [2.45, 2.75) is 25.6 Å². The highest BCUT2D eigenvalue weighted by Gasteiger charge is 2.41. The number of aromatic nitrogens is 3. The molecule has 1 N–H and O–H groups in total. The molecule has 2 fully saturated rings. The lowest BCUT2D eigenvalue weighted by atomic mass is 10.1. The third-order valence-corrected chi connectivity index (χ3v) is 5.42. The minimum Gasteiger partial charge on any atom is -0.507 e. The van der Waals surface area contributed by atoms with Gasteiger partial charge in [-0.3, -0.25) is 0 Å². The number of nitrogens with zero attached hydrogens (tertiary/aromatic N) is 5. The fourth-order valence-corrected chi connectivity index (χ4v) is 4.09. The average molecular weight is 379 g/mol. The zero-order valence-corrected chi connectivity index (χ0v) is 15.0. The molecule has 0 bridgehead atoms. The number of likely N-dealkylation sites (tertiary alicyclic amines) is 1. The number of fused-ring (bicyclic) bond motifs is 1. The molecule has 0 aliphatic carbocycles. The van der Waals surface area contributed by atoms with Gasteiger partial charge >= 0.3 is 6.18 Å². The van der Waals surface area contributed by atoms with Gasteiger partial charge in [-0.1, -0.05) is 0 Å². The van der Waals surface area contributed by atoms with Gasteiger partial charge in [0.15, 0.2) is 0 Å². The van der Waals surface area contributed by atoms with Crippen LogP contribution in [0.5, 0.6) is 5.75 Å². The van der Waals surface area contributed by atoms with Crippen LogP contribution in [0.15, 0.2) is 18.2 Å². The highest BCUT2D eigenvalue weighted by atomic mass is 19.4. The van der Waals surface area contributed by atoms with Gasteiger partial charge < -0.3 is 14.9 Å². The number of phenols is 1. The summed E-state index contributed by atoms with van der Waals surface area (Å²) in [7, 11) is 2.09. The number of hydrogen-bond donors (Lipinski definition) is 1. The number of anilines is 1. The van der Waals surface area contributed by atoms with Crippen LogP contribution in [-0.4, -0.2) is 57.9 Å². The van der Waals surface area contributed by atoms with E-state index in [0.29, 0.717) is 29.7 Å². The number of aryl methyl sites for hydroxylation is 1. The number of rotatable bonds is 2. The van der Waals surface area contributed by atoms with Crippen LogP contribution in [0.1, 0.15) is 17.7 Å². The molecule has 0 saturated carbocycles. The predicted molar refractivity (Wildman–Crippen MR) is 93.4 cm³/mol. The molecule has 3 heterocycles. The number of halogens is 3. The molecule has 144 valence electrons. The van der Waals surface area contributed by atoms with E-state index in [1.165, 1.54) is 6.07 Å². The molecule has 2 aliphatic rings. The van der Waals surface area contributed by atoms with Crippen molar-refractivity contribution in [2.75, 3.05) is 31.6 Å². The van der Waals surface area contributed by atoms with E-state index in [1.807, 2.05) is 0 Å². The molecule has 0 radical (unpaired) electrons. The zero-order chi connectivity index (χ0) is 19.3. The van der Waals surface area contributed by atoms with Crippen LogP contribution in [0.3, 0.4) is 0 Å². The molecule has 0 amide bonds. The number of aromatic hydroxyl groups is 1. The zero-order valence-electron chi connectivity index (χ0n) is 15.0. The van der Waals surface area contributed by atoms with Crippen molar-refractivity contribution in [3.63, 3.8) is 0 Å². The molecule has 2 aromatic rings. The van der Waals surface area contributed by atoms with E-state index in [4.69, 9.17) is 0 Å².